The van der Waals surface area contributed by atoms with Gasteiger partial charge in [0, 0.05) is 17.7 Å². The lowest BCUT2D eigenvalue weighted by Gasteiger charge is -2.17. The van der Waals surface area contributed by atoms with Gasteiger partial charge in [0.1, 0.15) is 12.4 Å². The molecular weight excluding hydrogens is 480 g/mol. The minimum Gasteiger partial charge on any atom is -0.488 e. The Morgan fingerprint density at radius 2 is 1.38 bits per heavy atom. The second-order valence-electron chi connectivity index (χ2n) is 9.65. The molecule has 0 amide bonds. The van der Waals surface area contributed by atoms with Gasteiger partial charge in [-0.3, -0.25) is 4.79 Å². The van der Waals surface area contributed by atoms with Crippen molar-refractivity contribution in [1.82, 2.24) is 9.78 Å². The highest BCUT2D eigenvalue weighted by Gasteiger charge is 2.18. The number of hydrogen-bond donors (Lipinski definition) is 0. The van der Waals surface area contributed by atoms with Gasteiger partial charge in [0.15, 0.2) is 0 Å². The molecule has 0 aliphatic carbocycles. The third kappa shape index (κ3) is 6.42. The molecule has 0 fully saturated rings. The van der Waals surface area contributed by atoms with Gasteiger partial charge < -0.3 is 4.74 Å². The van der Waals surface area contributed by atoms with Crippen LogP contribution in [0.25, 0.3) is 23.3 Å². The Labute approximate surface area is 229 Å². The van der Waals surface area contributed by atoms with Crippen molar-refractivity contribution >= 4 is 12.2 Å². The smallest absolute Gasteiger partial charge is 0.274 e. The van der Waals surface area contributed by atoms with Crippen LogP contribution >= 0.6 is 0 Å². The molecule has 0 aliphatic heterocycles. The van der Waals surface area contributed by atoms with Crippen molar-refractivity contribution in [3.63, 3.8) is 0 Å². The zero-order chi connectivity index (χ0) is 27.0. The quantitative estimate of drug-likeness (QED) is 0.205. The minimum absolute atomic E-state index is 0.118. The van der Waals surface area contributed by atoms with Crippen LogP contribution in [0.1, 0.15) is 33.5 Å². The van der Waals surface area contributed by atoms with Gasteiger partial charge in [-0.15, -0.1) is 0 Å². The molecule has 4 heteroatoms. The van der Waals surface area contributed by atoms with Gasteiger partial charge in [-0.25, -0.2) is 4.68 Å². The maximum absolute atomic E-state index is 13.9. The van der Waals surface area contributed by atoms with Gasteiger partial charge in [-0.1, -0.05) is 115 Å². The second-order valence-corrected chi connectivity index (χ2v) is 9.65. The molecule has 0 atom stereocenters. The van der Waals surface area contributed by atoms with Crippen molar-refractivity contribution in [3.8, 4) is 16.9 Å². The molecular formula is C35H32N2O2. The molecule has 0 bridgehead atoms. The molecule has 0 saturated carbocycles. The number of benzene rings is 4. The molecule has 1 heterocycles. The third-order valence-electron chi connectivity index (χ3n) is 6.74. The predicted octanol–water partition coefficient (Wildman–Crippen LogP) is 7.52. The molecule has 39 heavy (non-hydrogen) atoms. The normalized spacial score (nSPS) is 11.1. The van der Waals surface area contributed by atoms with E-state index in [4.69, 9.17) is 9.84 Å². The molecule has 0 aliphatic rings. The van der Waals surface area contributed by atoms with Crippen molar-refractivity contribution in [1.29, 1.82) is 0 Å². The molecule has 5 aromatic rings. The maximum Gasteiger partial charge on any atom is 0.274 e. The lowest BCUT2D eigenvalue weighted by atomic mass is 9.97. The standard InChI is InChI=1S/C35H32N2O2/c1-26-17-19-29(20-18-26)21-22-32-34(27(2)36-37(35(32)38)24-23-28-11-5-3-6-12-28)31-15-9-10-16-33(31)39-25-30-13-7-4-8-14-30/h3-22H,23-25H2,1-2H3/b22-21+. The summed E-state index contributed by atoms with van der Waals surface area (Å²) >= 11 is 0. The average molecular weight is 513 g/mol. The van der Waals surface area contributed by atoms with E-state index in [9.17, 15) is 4.79 Å². The highest BCUT2D eigenvalue weighted by molar-refractivity contribution is 5.84. The fraction of sp³-hybridized carbons (Fsp3) is 0.143. The molecule has 0 unspecified atom stereocenters. The fourth-order valence-electron chi connectivity index (χ4n) is 4.63. The van der Waals surface area contributed by atoms with Gasteiger partial charge in [0.25, 0.3) is 5.56 Å². The zero-order valence-corrected chi connectivity index (χ0v) is 22.4. The van der Waals surface area contributed by atoms with Crippen LogP contribution in [-0.4, -0.2) is 9.78 Å². The number of rotatable bonds is 9. The van der Waals surface area contributed by atoms with Gasteiger partial charge in [0.2, 0.25) is 0 Å². The first-order chi connectivity index (χ1) is 19.1. The number of hydrogen-bond acceptors (Lipinski definition) is 3. The number of aryl methyl sites for hydroxylation is 4. The average Bonchev–Trinajstić information content (AvgIpc) is 2.97. The Morgan fingerprint density at radius 1 is 0.744 bits per heavy atom. The molecule has 0 N–H and O–H groups in total. The molecule has 0 spiro atoms. The first-order valence-electron chi connectivity index (χ1n) is 13.2. The largest absolute Gasteiger partial charge is 0.488 e. The first-order valence-corrected chi connectivity index (χ1v) is 13.2. The van der Waals surface area contributed by atoms with E-state index in [0.29, 0.717) is 18.7 Å². The van der Waals surface area contributed by atoms with E-state index in [1.165, 1.54) is 11.1 Å². The van der Waals surface area contributed by atoms with Gasteiger partial charge in [-0.2, -0.15) is 5.10 Å². The second kappa shape index (κ2) is 12.2. The predicted molar refractivity (Wildman–Crippen MR) is 160 cm³/mol. The summed E-state index contributed by atoms with van der Waals surface area (Å²) in [5.74, 6) is 0.720. The Bertz CT molecular complexity index is 1620. The van der Waals surface area contributed by atoms with E-state index < -0.39 is 0 Å². The monoisotopic (exact) mass is 512 g/mol. The Kier molecular flexibility index (Phi) is 8.13. The SMILES string of the molecule is Cc1ccc(/C=C/c2c(-c3ccccc3OCc3ccccc3)c(C)nn(CCc3ccccc3)c2=O)cc1. The third-order valence-corrected chi connectivity index (χ3v) is 6.74. The molecule has 4 aromatic carbocycles. The number of ether oxygens (including phenoxy) is 1. The van der Waals surface area contributed by atoms with Gasteiger partial charge >= 0.3 is 0 Å². The van der Waals surface area contributed by atoms with Crippen LogP contribution in [0.15, 0.2) is 114 Å². The summed E-state index contributed by atoms with van der Waals surface area (Å²) < 4.78 is 7.87. The van der Waals surface area contributed by atoms with Crippen LogP contribution in [0, 0.1) is 13.8 Å². The summed E-state index contributed by atoms with van der Waals surface area (Å²) in [6.45, 7) is 4.97. The molecule has 0 radical (unpaired) electrons. The maximum atomic E-state index is 13.9. The van der Waals surface area contributed by atoms with Gasteiger partial charge in [0.05, 0.1) is 11.3 Å². The first kappa shape index (κ1) is 25.9. The Morgan fingerprint density at radius 3 is 2.10 bits per heavy atom. The summed E-state index contributed by atoms with van der Waals surface area (Å²) in [4.78, 5) is 13.9. The highest BCUT2D eigenvalue weighted by atomic mass is 16.5. The molecule has 0 saturated heterocycles. The molecule has 4 nitrogen and oxygen atoms in total. The van der Waals surface area contributed by atoms with Crippen molar-refractivity contribution < 1.29 is 4.74 Å². The van der Waals surface area contributed by atoms with E-state index in [1.807, 2.05) is 91.9 Å². The summed E-state index contributed by atoms with van der Waals surface area (Å²) in [7, 11) is 0. The van der Waals surface area contributed by atoms with E-state index in [0.717, 1.165) is 40.1 Å². The number of nitrogens with zero attached hydrogens (tertiary/aromatic N) is 2. The summed E-state index contributed by atoms with van der Waals surface area (Å²) in [5.41, 5.74) is 7.39. The van der Waals surface area contributed by atoms with Crippen LogP contribution < -0.4 is 10.3 Å². The Hall–Kier alpha value is -4.70. The van der Waals surface area contributed by atoms with Crippen molar-refractivity contribution in [2.75, 3.05) is 0 Å². The summed E-state index contributed by atoms with van der Waals surface area (Å²) in [6, 6.07) is 36.4. The van der Waals surface area contributed by atoms with Crippen molar-refractivity contribution in [2.24, 2.45) is 0 Å². The van der Waals surface area contributed by atoms with E-state index >= 15 is 0 Å². The van der Waals surface area contributed by atoms with E-state index in [2.05, 4.69) is 43.3 Å². The number of para-hydroxylation sites is 1. The highest BCUT2D eigenvalue weighted by Crippen LogP contribution is 2.34. The topological polar surface area (TPSA) is 44.1 Å². The number of aromatic nitrogens is 2. The minimum atomic E-state index is -0.118. The van der Waals surface area contributed by atoms with Crippen LogP contribution in [-0.2, 0) is 19.6 Å². The lowest BCUT2D eigenvalue weighted by molar-refractivity contribution is 0.307. The summed E-state index contributed by atoms with van der Waals surface area (Å²) in [5, 5.41) is 4.77. The van der Waals surface area contributed by atoms with E-state index in [-0.39, 0.29) is 5.56 Å². The Balaban J connectivity index is 1.56. The van der Waals surface area contributed by atoms with Gasteiger partial charge in [-0.05, 0) is 49.1 Å². The zero-order valence-electron chi connectivity index (χ0n) is 22.4. The fourth-order valence-corrected chi connectivity index (χ4v) is 4.63. The van der Waals surface area contributed by atoms with E-state index in [1.54, 1.807) is 4.68 Å². The van der Waals surface area contributed by atoms with Crippen LogP contribution in [0.4, 0.5) is 0 Å². The van der Waals surface area contributed by atoms with Crippen LogP contribution in [0.5, 0.6) is 5.75 Å². The molecule has 1 aromatic heterocycles. The van der Waals surface area contributed by atoms with Crippen molar-refractivity contribution in [3.05, 3.63) is 153 Å². The van der Waals surface area contributed by atoms with Crippen LogP contribution in [0.3, 0.4) is 0 Å². The van der Waals surface area contributed by atoms with Crippen LogP contribution in [0.2, 0.25) is 0 Å². The summed E-state index contributed by atoms with van der Waals surface area (Å²) in [6.07, 6.45) is 4.64. The molecule has 194 valence electrons. The molecule has 5 rings (SSSR count). The lowest BCUT2D eigenvalue weighted by Crippen LogP contribution is -2.27. The van der Waals surface area contributed by atoms with Crippen molar-refractivity contribution in [2.45, 2.75) is 33.4 Å².